The third kappa shape index (κ3) is 7.49. The first-order valence-corrected chi connectivity index (χ1v) is 8.85. The van der Waals surface area contributed by atoms with Crippen LogP contribution in [-0.4, -0.2) is 42.9 Å². The molecule has 1 rings (SSSR count). The lowest BCUT2D eigenvalue weighted by molar-refractivity contribution is -0.127. The highest BCUT2D eigenvalue weighted by atomic mass is 35.5. The van der Waals surface area contributed by atoms with E-state index in [2.05, 4.69) is 12.2 Å². The number of alkyl halides is 1. The average molecular weight is 303 g/mol. The van der Waals surface area contributed by atoms with E-state index >= 15 is 0 Å². The molecule has 20 heavy (non-hydrogen) atoms. The van der Waals surface area contributed by atoms with E-state index < -0.39 is 0 Å². The minimum Gasteiger partial charge on any atom is -0.342 e. The van der Waals surface area contributed by atoms with Gasteiger partial charge in [0.1, 0.15) is 0 Å². The van der Waals surface area contributed by atoms with Crippen LogP contribution in [0.15, 0.2) is 0 Å². The number of likely N-dealkylation sites (tertiary alicyclic amines) is 1. The molecule has 0 saturated carbocycles. The first-order valence-electron chi connectivity index (χ1n) is 8.32. The molecule has 0 aromatic heterocycles. The van der Waals surface area contributed by atoms with Crippen molar-refractivity contribution in [1.82, 2.24) is 10.2 Å². The van der Waals surface area contributed by atoms with Crippen molar-refractivity contribution in [2.75, 3.05) is 32.1 Å². The van der Waals surface area contributed by atoms with Crippen LogP contribution in [-0.2, 0) is 4.79 Å². The van der Waals surface area contributed by atoms with Crippen LogP contribution in [0.25, 0.3) is 0 Å². The molecule has 1 aliphatic rings. The van der Waals surface area contributed by atoms with Crippen molar-refractivity contribution >= 4 is 17.5 Å². The van der Waals surface area contributed by atoms with Crippen molar-refractivity contribution in [3.63, 3.8) is 0 Å². The molecule has 4 heteroatoms. The van der Waals surface area contributed by atoms with Gasteiger partial charge in [-0.2, -0.15) is 0 Å². The minimum atomic E-state index is 0.284. The largest absolute Gasteiger partial charge is 0.342 e. The van der Waals surface area contributed by atoms with Crippen molar-refractivity contribution in [1.29, 1.82) is 0 Å². The fourth-order valence-electron chi connectivity index (χ4n) is 2.72. The van der Waals surface area contributed by atoms with Gasteiger partial charge in [-0.15, -0.1) is 11.6 Å². The fourth-order valence-corrected chi connectivity index (χ4v) is 2.93. The van der Waals surface area contributed by atoms with Crippen molar-refractivity contribution in [3.8, 4) is 0 Å². The Bertz CT molecular complexity index is 261. The van der Waals surface area contributed by atoms with Crippen LogP contribution in [0.4, 0.5) is 0 Å². The van der Waals surface area contributed by atoms with E-state index in [0.29, 0.717) is 18.2 Å². The highest BCUT2D eigenvalue weighted by Gasteiger charge is 2.27. The Kier molecular flexibility index (Phi) is 10.1. The van der Waals surface area contributed by atoms with E-state index in [1.807, 2.05) is 4.90 Å². The van der Waals surface area contributed by atoms with Crippen LogP contribution < -0.4 is 5.32 Å². The summed E-state index contributed by atoms with van der Waals surface area (Å²) in [6.45, 7) is 6.13. The van der Waals surface area contributed by atoms with Crippen molar-refractivity contribution in [3.05, 3.63) is 0 Å². The zero-order valence-corrected chi connectivity index (χ0v) is 13.8. The summed E-state index contributed by atoms with van der Waals surface area (Å²) in [6, 6.07) is 0. The van der Waals surface area contributed by atoms with E-state index in [0.717, 1.165) is 32.6 Å². The number of hydrogen-bond acceptors (Lipinski definition) is 2. The van der Waals surface area contributed by atoms with E-state index in [9.17, 15) is 4.79 Å². The van der Waals surface area contributed by atoms with Crippen LogP contribution in [0.3, 0.4) is 0 Å². The van der Waals surface area contributed by atoms with Crippen LogP contribution in [0, 0.1) is 5.92 Å². The molecule has 0 radical (unpaired) electrons. The number of rotatable bonds is 12. The zero-order chi connectivity index (χ0) is 14.6. The predicted octanol–water partition coefficient (Wildman–Crippen LogP) is 3.41. The molecule has 1 aliphatic heterocycles. The number of nitrogens with zero attached hydrogens (tertiary/aromatic N) is 1. The van der Waals surface area contributed by atoms with E-state index in [1.54, 1.807) is 0 Å². The Morgan fingerprint density at radius 3 is 2.55 bits per heavy atom. The molecular weight excluding hydrogens is 272 g/mol. The highest BCUT2D eigenvalue weighted by molar-refractivity contribution is 6.18. The summed E-state index contributed by atoms with van der Waals surface area (Å²) in [5.74, 6) is 1.27. The second-order valence-electron chi connectivity index (χ2n) is 5.94. The summed E-state index contributed by atoms with van der Waals surface area (Å²) < 4.78 is 0. The van der Waals surface area contributed by atoms with Gasteiger partial charge in [-0.3, -0.25) is 4.79 Å². The number of halogens is 1. The number of hydrogen-bond donors (Lipinski definition) is 1. The molecule has 1 N–H and O–H groups in total. The molecule has 1 atom stereocenters. The van der Waals surface area contributed by atoms with E-state index in [-0.39, 0.29) is 5.91 Å². The van der Waals surface area contributed by atoms with Crippen molar-refractivity contribution in [2.45, 2.75) is 58.3 Å². The number of nitrogens with one attached hydrogen (secondary N) is 1. The quantitative estimate of drug-likeness (QED) is 0.442. The topological polar surface area (TPSA) is 32.3 Å². The molecule has 1 heterocycles. The molecule has 3 nitrogen and oxygen atoms in total. The second kappa shape index (κ2) is 11.4. The Hall–Kier alpha value is -0.280. The second-order valence-corrected chi connectivity index (χ2v) is 6.24. The lowest BCUT2D eigenvalue weighted by Gasteiger charge is -2.16. The van der Waals surface area contributed by atoms with Gasteiger partial charge in [0, 0.05) is 25.4 Å². The third-order valence-corrected chi connectivity index (χ3v) is 4.44. The SMILES string of the molecule is CCCCCCCCNCCCN1CC(CCl)CC1=O. The van der Waals surface area contributed by atoms with Crippen LogP contribution in [0.1, 0.15) is 58.3 Å². The minimum absolute atomic E-state index is 0.284. The fraction of sp³-hybridized carbons (Fsp3) is 0.938. The molecule has 0 bridgehead atoms. The molecule has 1 saturated heterocycles. The summed E-state index contributed by atoms with van der Waals surface area (Å²) in [6.07, 6.45) is 9.77. The molecule has 0 aromatic rings. The molecular formula is C16H31ClN2O. The number of carbonyl (C=O) groups excluding carboxylic acids is 1. The van der Waals surface area contributed by atoms with Gasteiger partial charge in [-0.1, -0.05) is 39.0 Å². The van der Waals surface area contributed by atoms with E-state index in [4.69, 9.17) is 11.6 Å². The monoisotopic (exact) mass is 302 g/mol. The van der Waals surface area contributed by atoms with Crippen molar-refractivity contribution in [2.24, 2.45) is 5.92 Å². The Balaban J connectivity index is 1.86. The first kappa shape index (κ1) is 17.8. The van der Waals surface area contributed by atoms with E-state index in [1.165, 1.54) is 38.5 Å². The maximum absolute atomic E-state index is 11.7. The number of carbonyl (C=O) groups is 1. The van der Waals surface area contributed by atoms with Gasteiger partial charge in [0.2, 0.25) is 5.91 Å². The summed E-state index contributed by atoms with van der Waals surface area (Å²) in [4.78, 5) is 13.7. The van der Waals surface area contributed by atoms with Gasteiger partial charge in [-0.05, 0) is 31.8 Å². The number of unbranched alkanes of at least 4 members (excludes halogenated alkanes) is 5. The summed E-state index contributed by atoms with van der Waals surface area (Å²) in [5, 5.41) is 3.48. The standard InChI is InChI=1S/C16H31ClN2O/c1-2-3-4-5-6-7-9-18-10-8-11-19-14-15(13-17)12-16(19)20/h15,18H,2-14H2,1H3. The smallest absolute Gasteiger partial charge is 0.222 e. The third-order valence-electron chi connectivity index (χ3n) is 4.00. The average Bonchev–Trinajstić information content (AvgIpc) is 2.81. The van der Waals surface area contributed by atoms with Gasteiger partial charge >= 0.3 is 0 Å². The van der Waals surface area contributed by atoms with Gasteiger partial charge in [-0.25, -0.2) is 0 Å². The van der Waals surface area contributed by atoms with Gasteiger partial charge < -0.3 is 10.2 Å². The summed E-state index contributed by atoms with van der Waals surface area (Å²) >= 11 is 5.81. The lowest BCUT2D eigenvalue weighted by Crippen LogP contribution is -2.29. The van der Waals surface area contributed by atoms with Gasteiger partial charge in [0.25, 0.3) is 0 Å². The summed E-state index contributed by atoms with van der Waals surface area (Å²) in [7, 11) is 0. The lowest BCUT2D eigenvalue weighted by atomic mass is 10.1. The molecule has 0 spiro atoms. The Labute approximate surface area is 129 Å². The van der Waals surface area contributed by atoms with Crippen molar-refractivity contribution < 1.29 is 4.79 Å². The molecule has 0 aromatic carbocycles. The maximum Gasteiger partial charge on any atom is 0.222 e. The maximum atomic E-state index is 11.7. The molecule has 1 fully saturated rings. The Morgan fingerprint density at radius 1 is 1.15 bits per heavy atom. The van der Waals surface area contributed by atoms with Gasteiger partial charge in [0.05, 0.1) is 0 Å². The van der Waals surface area contributed by atoms with Crippen LogP contribution in [0.2, 0.25) is 0 Å². The normalized spacial score (nSPS) is 19.0. The Morgan fingerprint density at radius 2 is 1.85 bits per heavy atom. The predicted molar refractivity (Wildman–Crippen MR) is 86.3 cm³/mol. The molecule has 1 amide bonds. The first-order chi connectivity index (χ1) is 9.77. The van der Waals surface area contributed by atoms with Crippen LogP contribution >= 0.6 is 11.6 Å². The van der Waals surface area contributed by atoms with Crippen LogP contribution in [0.5, 0.6) is 0 Å². The number of amides is 1. The summed E-state index contributed by atoms with van der Waals surface area (Å²) in [5.41, 5.74) is 0. The molecule has 0 aliphatic carbocycles. The highest BCUT2D eigenvalue weighted by Crippen LogP contribution is 2.18. The molecule has 1 unspecified atom stereocenters. The van der Waals surface area contributed by atoms with Gasteiger partial charge in [0.15, 0.2) is 0 Å². The molecule has 118 valence electrons. The zero-order valence-electron chi connectivity index (χ0n) is 13.0.